The number of carbonyl (C=O) groups is 3. The van der Waals surface area contributed by atoms with Crippen LogP contribution in [0, 0.1) is 34.0 Å². The zero-order chi connectivity index (χ0) is 31.9. The van der Waals surface area contributed by atoms with Gasteiger partial charge < -0.3 is 22.8 Å². The number of rotatable bonds is 8. The Labute approximate surface area is 256 Å². The van der Waals surface area contributed by atoms with Gasteiger partial charge in [-0.1, -0.05) is 13.0 Å². The number of methoxy groups -OCH3 is 2. The fraction of sp³-hybridized carbons (Fsp3) is 0.839. The van der Waals surface area contributed by atoms with E-state index in [9.17, 15) is 14.4 Å². The SMILES string of the molecule is C=C1C[C@]23C[C@@]1(O[Si](C)(C)C)[C@@H](O[Si](C)(C)C)C[C@H]2[C@]1(C(=O)O[Si](C)(C)C)CCC[C@@](C)(C(=O)OC)[C@H]1[C@@H]3C(=O)OC. The summed E-state index contributed by atoms with van der Waals surface area (Å²) in [5.74, 6) is -2.69. The van der Waals surface area contributed by atoms with E-state index in [1.807, 2.05) is 26.6 Å². The molecule has 4 fully saturated rings. The number of ether oxygens (including phenoxy) is 2. The maximum Gasteiger partial charge on any atom is 0.311 e. The summed E-state index contributed by atoms with van der Waals surface area (Å²) < 4.78 is 31.5. The van der Waals surface area contributed by atoms with Gasteiger partial charge >= 0.3 is 11.9 Å². The van der Waals surface area contributed by atoms with Crippen LogP contribution in [0.3, 0.4) is 0 Å². The lowest BCUT2D eigenvalue weighted by atomic mass is 9.52. The Morgan fingerprint density at radius 3 is 1.98 bits per heavy atom. The van der Waals surface area contributed by atoms with E-state index < -0.39 is 64.6 Å². The van der Waals surface area contributed by atoms with E-state index in [1.54, 1.807) is 0 Å². The van der Waals surface area contributed by atoms with Gasteiger partial charge in [0.25, 0.3) is 5.97 Å². The van der Waals surface area contributed by atoms with Crippen molar-refractivity contribution < 1.29 is 37.1 Å². The first-order valence-electron chi connectivity index (χ1n) is 15.5. The molecule has 8 atom stereocenters. The minimum Gasteiger partial charge on any atom is -0.519 e. The summed E-state index contributed by atoms with van der Waals surface area (Å²) >= 11 is 0. The van der Waals surface area contributed by atoms with Gasteiger partial charge in [0.1, 0.15) is 5.60 Å². The third kappa shape index (κ3) is 5.12. The van der Waals surface area contributed by atoms with Crippen molar-refractivity contribution in [2.75, 3.05) is 14.2 Å². The Balaban J connectivity index is 2.06. The average molecular weight is 639 g/mol. The molecule has 4 aliphatic rings. The van der Waals surface area contributed by atoms with E-state index in [0.717, 1.165) is 5.57 Å². The summed E-state index contributed by atoms with van der Waals surface area (Å²) in [6.45, 7) is 25.6. The zero-order valence-electron chi connectivity index (χ0n) is 28.0. The zero-order valence-corrected chi connectivity index (χ0v) is 31.0. The molecule has 0 amide bonds. The van der Waals surface area contributed by atoms with Gasteiger partial charge in [0.2, 0.25) is 8.32 Å². The summed E-state index contributed by atoms with van der Waals surface area (Å²) in [5, 5.41) is 0. The van der Waals surface area contributed by atoms with Gasteiger partial charge in [0.15, 0.2) is 16.6 Å². The van der Waals surface area contributed by atoms with Crippen LogP contribution in [0.1, 0.15) is 45.4 Å². The number of fused-ring (bicyclic) bond motifs is 3. The topological polar surface area (TPSA) is 97.4 Å². The second kappa shape index (κ2) is 10.4. The van der Waals surface area contributed by atoms with Crippen LogP contribution in [-0.2, 0) is 37.1 Å². The Hall–Kier alpha value is -1.28. The van der Waals surface area contributed by atoms with Crippen molar-refractivity contribution in [2.45, 2.75) is 116 Å². The standard InChI is InChI=1S/C31H54O8Si3/c1-20-18-29-19-31(20,39-42(11,12)13)22(37-40(5,6)7)17-21(29)30(27(34)38-41(8,9)10)16-14-15-28(2,26(33)36-4)24(30)23(29)25(32)35-3/h21-24H,1,14-19H2,2-13H3/t21-,22+,23-,24-,28-,29+,30-,31+/m1/s1. The van der Waals surface area contributed by atoms with Crippen LogP contribution < -0.4 is 0 Å². The maximum atomic E-state index is 14.8. The third-order valence-electron chi connectivity index (χ3n) is 10.4. The molecule has 0 aromatic heterocycles. The highest BCUT2D eigenvalue weighted by Crippen LogP contribution is 2.79. The molecule has 1 spiro atoms. The van der Waals surface area contributed by atoms with Crippen molar-refractivity contribution in [1.82, 2.24) is 0 Å². The Bertz CT molecular complexity index is 1150. The van der Waals surface area contributed by atoms with Crippen molar-refractivity contribution in [2.24, 2.45) is 34.0 Å². The smallest absolute Gasteiger partial charge is 0.311 e. The van der Waals surface area contributed by atoms with Gasteiger partial charge in [-0.15, -0.1) is 0 Å². The predicted molar refractivity (Wildman–Crippen MR) is 169 cm³/mol. The fourth-order valence-electron chi connectivity index (χ4n) is 9.62. The Morgan fingerprint density at radius 1 is 0.857 bits per heavy atom. The quantitative estimate of drug-likeness (QED) is 0.174. The molecular formula is C31H54O8Si3. The molecule has 42 heavy (non-hydrogen) atoms. The highest BCUT2D eigenvalue weighted by atomic mass is 28.4. The van der Waals surface area contributed by atoms with Crippen molar-refractivity contribution >= 4 is 42.9 Å². The Kier molecular flexibility index (Phi) is 8.31. The van der Waals surface area contributed by atoms with Crippen LogP contribution in [0.25, 0.3) is 0 Å². The normalized spacial score (nSPS) is 39.8. The van der Waals surface area contributed by atoms with Gasteiger partial charge in [-0.2, -0.15) is 0 Å². The molecule has 4 saturated carbocycles. The molecule has 0 heterocycles. The van der Waals surface area contributed by atoms with E-state index in [1.165, 1.54) is 14.2 Å². The molecule has 0 aliphatic heterocycles. The van der Waals surface area contributed by atoms with E-state index in [0.29, 0.717) is 38.5 Å². The van der Waals surface area contributed by atoms with Crippen LogP contribution in [0.5, 0.6) is 0 Å². The molecule has 0 aromatic rings. The molecule has 4 aliphatic carbocycles. The summed E-state index contributed by atoms with van der Waals surface area (Å²) in [4.78, 5) is 42.7. The highest BCUT2D eigenvalue weighted by molar-refractivity contribution is 6.71. The molecule has 0 unspecified atom stereocenters. The van der Waals surface area contributed by atoms with Crippen LogP contribution >= 0.6 is 0 Å². The second-order valence-corrected chi connectivity index (χ2v) is 29.9. The van der Waals surface area contributed by atoms with Crippen molar-refractivity contribution in [3.05, 3.63) is 12.2 Å². The van der Waals surface area contributed by atoms with Gasteiger partial charge in [-0.05, 0) is 115 Å². The van der Waals surface area contributed by atoms with Crippen LogP contribution in [-0.4, -0.2) is 68.8 Å². The molecule has 2 bridgehead atoms. The first-order valence-corrected chi connectivity index (χ1v) is 25.7. The molecule has 0 N–H and O–H groups in total. The molecule has 0 saturated heterocycles. The number of carbonyl (C=O) groups excluding carboxylic acids is 3. The van der Waals surface area contributed by atoms with Crippen molar-refractivity contribution in [3.8, 4) is 0 Å². The third-order valence-corrected chi connectivity index (χ3v) is 13.1. The summed E-state index contributed by atoms with van der Waals surface area (Å²) in [7, 11) is -3.79. The average Bonchev–Trinajstić information content (AvgIpc) is 3.22. The van der Waals surface area contributed by atoms with Gasteiger partial charge in [0, 0.05) is 5.92 Å². The fourth-order valence-corrected chi connectivity index (χ4v) is 12.9. The van der Waals surface area contributed by atoms with E-state index in [2.05, 4.69) is 45.9 Å². The van der Waals surface area contributed by atoms with E-state index in [-0.39, 0.29) is 24.0 Å². The number of hydrogen-bond acceptors (Lipinski definition) is 8. The first-order chi connectivity index (χ1) is 19.0. The lowest BCUT2D eigenvalue weighted by molar-refractivity contribution is -0.179. The number of hydrogen-bond donors (Lipinski definition) is 0. The maximum absolute atomic E-state index is 14.8. The van der Waals surface area contributed by atoms with Crippen molar-refractivity contribution in [3.63, 3.8) is 0 Å². The predicted octanol–water partition coefficient (Wildman–Crippen LogP) is 6.30. The molecule has 11 heteroatoms. The van der Waals surface area contributed by atoms with Crippen LogP contribution in [0.15, 0.2) is 12.2 Å². The molecule has 0 aromatic carbocycles. The largest absolute Gasteiger partial charge is 0.519 e. The minimum atomic E-state index is -2.35. The van der Waals surface area contributed by atoms with Gasteiger partial charge in [-0.25, -0.2) is 0 Å². The van der Waals surface area contributed by atoms with Gasteiger partial charge in [0.05, 0.1) is 37.1 Å². The summed E-state index contributed by atoms with van der Waals surface area (Å²) in [6, 6.07) is 0. The first kappa shape index (κ1) is 33.6. The molecule has 8 nitrogen and oxygen atoms in total. The molecule has 0 radical (unpaired) electrons. The van der Waals surface area contributed by atoms with Crippen molar-refractivity contribution in [1.29, 1.82) is 0 Å². The summed E-state index contributed by atoms with van der Waals surface area (Å²) in [5.41, 5.74) is -2.68. The highest BCUT2D eigenvalue weighted by Gasteiger charge is 2.82. The molecule has 238 valence electrons. The Morgan fingerprint density at radius 2 is 1.48 bits per heavy atom. The molecular weight excluding hydrogens is 585 g/mol. The summed E-state index contributed by atoms with van der Waals surface area (Å²) in [6.07, 6.45) is 2.97. The number of esters is 2. The van der Waals surface area contributed by atoms with Gasteiger partial charge in [-0.3, -0.25) is 14.4 Å². The minimum absolute atomic E-state index is 0.272. The second-order valence-electron chi connectivity index (χ2n) is 16.6. The van der Waals surface area contributed by atoms with Crippen LogP contribution in [0.4, 0.5) is 0 Å². The molecule has 4 rings (SSSR count). The lowest BCUT2D eigenvalue weighted by Gasteiger charge is -2.54. The lowest BCUT2D eigenvalue weighted by Crippen LogP contribution is -2.60. The monoisotopic (exact) mass is 638 g/mol. The van der Waals surface area contributed by atoms with Crippen LogP contribution in [0.2, 0.25) is 58.9 Å². The van der Waals surface area contributed by atoms with E-state index in [4.69, 9.17) is 22.8 Å². The van der Waals surface area contributed by atoms with E-state index >= 15 is 0 Å².